The summed E-state index contributed by atoms with van der Waals surface area (Å²) in [6, 6.07) is 6.69. The molecule has 0 bridgehead atoms. The number of carbonyl (C=O) groups excluding carboxylic acids is 1. The number of fused-ring (bicyclic) bond motifs is 1. The van der Waals surface area contributed by atoms with E-state index in [0.717, 1.165) is 11.1 Å². The molecule has 2 aromatic heterocycles. The summed E-state index contributed by atoms with van der Waals surface area (Å²) >= 11 is 0. The molecule has 0 aliphatic carbocycles. The Hall–Kier alpha value is -3.20. The molecule has 1 aromatic carbocycles. The van der Waals surface area contributed by atoms with Gasteiger partial charge < -0.3 is 14.6 Å². The topological polar surface area (TPSA) is 105 Å². The first-order valence-electron chi connectivity index (χ1n) is 10.3. The molecule has 1 N–H and O–H groups in total. The van der Waals surface area contributed by atoms with Gasteiger partial charge in [-0.2, -0.15) is 0 Å². The summed E-state index contributed by atoms with van der Waals surface area (Å²) in [6.45, 7) is 6.56. The third kappa shape index (κ3) is 4.67. The van der Waals surface area contributed by atoms with Crippen molar-refractivity contribution < 1.29 is 17.9 Å². The Morgan fingerprint density at radius 1 is 1.25 bits per heavy atom. The minimum Gasteiger partial charge on any atom is -0.444 e. The van der Waals surface area contributed by atoms with Crippen LogP contribution in [0.1, 0.15) is 32.8 Å². The monoisotopic (exact) mass is 454 g/mol. The van der Waals surface area contributed by atoms with Gasteiger partial charge in [0.2, 0.25) is 0 Å². The quantitative estimate of drug-likeness (QED) is 0.640. The maximum atomic E-state index is 12.3. The molecule has 32 heavy (non-hydrogen) atoms. The molecule has 0 radical (unpaired) electrons. The van der Waals surface area contributed by atoms with E-state index in [9.17, 15) is 13.2 Å². The number of hydrogen-bond acceptors (Lipinski definition) is 6. The maximum absolute atomic E-state index is 12.3. The second-order valence-electron chi connectivity index (χ2n) is 8.86. The maximum Gasteiger partial charge on any atom is 0.410 e. The van der Waals surface area contributed by atoms with Gasteiger partial charge in [-0.3, -0.25) is 0 Å². The number of nitrogens with one attached hydrogen (secondary N) is 1. The van der Waals surface area contributed by atoms with E-state index in [2.05, 4.69) is 9.97 Å². The first kappa shape index (κ1) is 22.0. The number of aromatic amines is 1. The predicted octanol–water partition coefficient (Wildman–Crippen LogP) is 4.05. The van der Waals surface area contributed by atoms with Gasteiger partial charge in [0.05, 0.1) is 16.8 Å². The van der Waals surface area contributed by atoms with E-state index < -0.39 is 15.4 Å². The number of aromatic nitrogens is 3. The van der Waals surface area contributed by atoms with Gasteiger partial charge in [0.25, 0.3) is 0 Å². The molecule has 0 saturated carbocycles. The molecule has 0 saturated heterocycles. The van der Waals surface area contributed by atoms with Gasteiger partial charge in [0.15, 0.2) is 15.5 Å². The van der Waals surface area contributed by atoms with E-state index in [1.807, 2.05) is 39.1 Å². The van der Waals surface area contributed by atoms with Crippen LogP contribution < -0.4 is 0 Å². The minimum absolute atomic E-state index is 0.239. The van der Waals surface area contributed by atoms with Crippen LogP contribution >= 0.6 is 0 Å². The Morgan fingerprint density at radius 2 is 2.03 bits per heavy atom. The fourth-order valence-corrected chi connectivity index (χ4v) is 4.23. The van der Waals surface area contributed by atoms with Crippen molar-refractivity contribution in [3.05, 3.63) is 48.3 Å². The van der Waals surface area contributed by atoms with E-state index in [0.29, 0.717) is 41.9 Å². The molecule has 0 atom stereocenters. The molecule has 0 fully saturated rings. The molecule has 4 rings (SSSR count). The largest absolute Gasteiger partial charge is 0.444 e. The fourth-order valence-electron chi connectivity index (χ4n) is 3.57. The van der Waals surface area contributed by atoms with Gasteiger partial charge in [-0.1, -0.05) is 18.2 Å². The molecule has 3 heterocycles. The minimum atomic E-state index is -3.32. The number of sulfone groups is 1. The van der Waals surface area contributed by atoms with Crippen molar-refractivity contribution in [2.45, 2.75) is 37.7 Å². The number of carbonyl (C=O) groups is 1. The lowest BCUT2D eigenvalue weighted by Gasteiger charge is -2.29. The van der Waals surface area contributed by atoms with E-state index in [1.165, 1.54) is 6.26 Å². The zero-order valence-corrected chi connectivity index (χ0v) is 19.4. The van der Waals surface area contributed by atoms with Crippen molar-refractivity contribution in [3.63, 3.8) is 0 Å². The summed E-state index contributed by atoms with van der Waals surface area (Å²) in [7, 11) is -3.32. The van der Waals surface area contributed by atoms with Crippen molar-refractivity contribution in [3.8, 4) is 11.3 Å². The molecule has 3 aromatic rings. The van der Waals surface area contributed by atoms with Gasteiger partial charge in [-0.25, -0.2) is 23.2 Å². The third-order valence-electron chi connectivity index (χ3n) is 5.15. The highest BCUT2D eigenvalue weighted by atomic mass is 32.2. The molecular weight excluding hydrogens is 428 g/mol. The van der Waals surface area contributed by atoms with Crippen LogP contribution in [0.3, 0.4) is 0 Å². The van der Waals surface area contributed by atoms with Gasteiger partial charge in [-0.15, -0.1) is 0 Å². The third-order valence-corrected chi connectivity index (χ3v) is 6.26. The van der Waals surface area contributed by atoms with E-state index in [4.69, 9.17) is 9.72 Å². The van der Waals surface area contributed by atoms with Crippen LogP contribution in [0.5, 0.6) is 0 Å². The predicted molar refractivity (Wildman–Crippen MR) is 123 cm³/mol. The van der Waals surface area contributed by atoms with Gasteiger partial charge >= 0.3 is 6.09 Å². The Morgan fingerprint density at radius 3 is 2.69 bits per heavy atom. The number of hydrogen-bond donors (Lipinski definition) is 1. The summed E-state index contributed by atoms with van der Waals surface area (Å²) in [5.41, 5.74) is 4.12. The lowest BCUT2D eigenvalue weighted by Crippen LogP contribution is -2.39. The highest BCUT2D eigenvalue weighted by Crippen LogP contribution is 2.30. The number of H-pyrrole nitrogens is 1. The normalized spacial score (nSPS) is 15.0. The van der Waals surface area contributed by atoms with Crippen LogP contribution in [-0.2, 0) is 14.6 Å². The Labute approximate surface area is 187 Å². The Bertz CT molecular complexity index is 1320. The van der Waals surface area contributed by atoms with Crippen LogP contribution in [0.25, 0.3) is 28.0 Å². The summed E-state index contributed by atoms with van der Waals surface area (Å²) in [6.07, 6.45) is 7.04. The molecule has 1 aliphatic rings. The first-order chi connectivity index (χ1) is 15.0. The number of rotatable bonds is 3. The standard InChI is InChI=1S/C23H26N4O4S/c1-23(2,3)31-22(28)27-10-8-15(9-11-27)18-13-24-21-20(18)26-19(14-25-21)16-6-5-7-17(12-16)32(4,29)30/h5-8,12-14H,9-11H2,1-4H3,(H,24,25). The summed E-state index contributed by atoms with van der Waals surface area (Å²) in [5.74, 6) is 0. The summed E-state index contributed by atoms with van der Waals surface area (Å²) in [4.78, 5) is 26.6. The van der Waals surface area contributed by atoms with Gasteiger partial charge in [0.1, 0.15) is 11.1 Å². The zero-order chi connectivity index (χ0) is 23.1. The average Bonchev–Trinajstić information content (AvgIpc) is 3.15. The second-order valence-corrected chi connectivity index (χ2v) is 10.9. The SMILES string of the molecule is CC(C)(C)OC(=O)N1CC=C(c2c[nH]c3ncc(-c4cccc(S(C)(=O)=O)c4)nc23)CC1. The highest BCUT2D eigenvalue weighted by molar-refractivity contribution is 7.90. The lowest BCUT2D eigenvalue weighted by molar-refractivity contribution is 0.0270. The summed E-state index contributed by atoms with van der Waals surface area (Å²) < 4.78 is 29.3. The first-order valence-corrected chi connectivity index (χ1v) is 12.2. The van der Waals surface area contributed by atoms with Crippen molar-refractivity contribution >= 4 is 32.7 Å². The van der Waals surface area contributed by atoms with Crippen molar-refractivity contribution in [1.82, 2.24) is 19.9 Å². The molecule has 9 heteroatoms. The smallest absolute Gasteiger partial charge is 0.410 e. The lowest BCUT2D eigenvalue weighted by atomic mass is 10.0. The van der Waals surface area contributed by atoms with Gasteiger partial charge in [-0.05, 0) is 44.9 Å². The van der Waals surface area contributed by atoms with Crippen LogP contribution in [0.2, 0.25) is 0 Å². The fraction of sp³-hybridized carbons (Fsp3) is 0.348. The number of amides is 1. The van der Waals surface area contributed by atoms with Crippen molar-refractivity contribution in [2.24, 2.45) is 0 Å². The Balaban J connectivity index is 1.63. The zero-order valence-electron chi connectivity index (χ0n) is 18.5. The number of benzene rings is 1. The van der Waals surface area contributed by atoms with E-state index in [-0.39, 0.29) is 11.0 Å². The van der Waals surface area contributed by atoms with Gasteiger partial charge in [0, 0.05) is 36.7 Å². The van der Waals surface area contributed by atoms with Crippen LogP contribution in [0.4, 0.5) is 4.79 Å². The molecule has 0 unspecified atom stereocenters. The van der Waals surface area contributed by atoms with E-state index in [1.54, 1.807) is 29.3 Å². The van der Waals surface area contributed by atoms with Crippen molar-refractivity contribution in [2.75, 3.05) is 19.3 Å². The summed E-state index contributed by atoms with van der Waals surface area (Å²) in [5, 5.41) is 0. The highest BCUT2D eigenvalue weighted by Gasteiger charge is 2.25. The second kappa shape index (κ2) is 8.05. The molecule has 1 aliphatic heterocycles. The van der Waals surface area contributed by atoms with Crippen molar-refractivity contribution in [1.29, 1.82) is 0 Å². The van der Waals surface area contributed by atoms with Crippen LogP contribution in [0, 0.1) is 0 Å². The number of ether oxygens (including phenoxy) is 1. The number of nitrogens with zero attached hydrogens (tertiary/aromatic N) is 3. The average molecular weight is 455 g/mol. The van der Waals surface area contributed by atoms with E-state index >= 15 is 0 Å². The van der Waals surface area contributed by atoms with Crippen LogP contribution in [0.15, 0.2) is 47.6 Å². The Kier molecular flexibility index (Phi) is 5.54. The molecule has 168 valence electrons. The molecule has 8 nitrogen and oxygen atoms in total. The molecule has 0 spiro atoms. The molecule has 1 amide bonds. The van der Waals surface area contributed by atoms with Crippen LogP contribution in [-0.4, -0.2) is 59.3 Å². The molecular formula is C23H26N4O4S.